The fourth-order valence-corrected chi connectivity index (χ4v) is 8.05. The zero-order valence-electron chi connectivity index (χ0n) is 17.4. The second-order valence-corrected chi connectivity index (χ2v) is 11.0. The van der Waals surface area contributed by atoms with E-state index in [1.54, 1.807) is 0 Å². The second-order valence-electron chi connectivity index (χ2n) is 11.0. The van der Waals surface area contributed by atoms with Crippen LogP contribution in [0.4, 0.5) is 0 Å². The summed E-state index contributed by atoms with van der Waals surface area (Å²) in [6.45, 7) is 8.25. The van der Waals surface area contributed by atoms with Gasteiger partial charge in [-0.05, 0) is 69.1 Å². The van der Waals surface area contributed by atoms with Crippen molar-refractivity contribution in [2.75, 3.05) is 0 Å². The van der Waals surface area contributed by atoms with E-state index < -0.39 is 17.2 Å². The average Bonchev–Trinajstić information content (AvgIpc) is 3.12. The Morgan fingerprint density at radius 2 is 1.71 bits per heavy atom. The van der Waals surface area contributed by atoms with Gasteiger partial charge in [0.1, 0.15) is 5.78 Å². The number of nitrogens with zero attached hydrogens (tertiary/aromatic N) is 1. The van der Waals surface area contributed by atoms with Gasteiger partial charge in [0.15, 0.2) is 5.79 Å². The fraction of sp³-hybridized carbons (Fsp3) is 0.955. The van der Waals surface area contributed by atoms with Crippen molar-refractivity contribution in [3.05, 3.63) is 4.91 Å². The number of Topliss-reactive ketones (excluding diaryl/α,β-unsaturated/α-hetero) is 1. The van der Waals surface area contributed by atoms with Crippen LogP contribution in [0.15, 0.2) is 5.18 Å². The largest absolute Gasteiger partial charge is 0.393 e. The lowest BCUT2D eigenvalue weighted by atomic mass is 9.43. The Labute approximate surface area is 166 Å². The van der Waals surface area contributed by atoms with Crippen LogP contribution in [0.3, 0.4) is 0 Å². The Kier molecular flexibility index (Phi) is 4.00. The molecular weight excluding hydrogens is 358 g/mol. The van der Waals surface area contributed by atoms with Crippen molar-refractivity contribution in [3.63, 3.8) is 0 Å². The summed E-state index contributed by atoms with van der Waals surface area (Å²) >= 11 is 0. The summed E-state index contributed by atoms with van der Waals surface area (Å²) in [5.74, 6) is 0.241. The van der Waals surface area contributed by atoms with E-state index in [0.29, 0.717) is 12.3 Å². The molecule has 0 radical (unpaired) electrons. The van der Waals surface area contributed by atoms with E-state index in [-0.39, 0.29) is 53.7 Å². The van der Waals surface area contributed by atoms with Gasteiger partial charge in [0.25, 0.3) is 0 Å². The SMILES string of the molecule is CC1(C)O[C@@H]2C3C(CC[C@@]4(C)C3CC[C@@H]4O)[C@@]3(C)C(=O)C[C@H](N=O)CC3[C@H]2O1. The highest BCUT2D eigenvalue weighted by Gasteiger charge is 2.70. The number of ketones is 1. The first-order chi connectivity index (χ1) is 13.1. The third-order valence-electron chi connectivity index (χ3n) is 9.46. The maximum atomic E-state index is 13.4. The minimum atomic E-state index is -0.694. The van der Waals surface area contributed by atoms with Crippen molar-refractivity contribution in [3.8, 4) is 0 Å². The number of rotatable bonds is 1. The number of carbonyl (C=O) groups excluding carboxylic acids is 1. The molecule has 1 saturated heterocycles. The molecule has 0 amide bonds. The molecule has 10 atom stereocenters. The van der Waals surface area contributed by atoms with Crippen LogP contribution in [0.25, 0.3) is 0 Å². The summed E-state index contributed by atoms with van der Waals surface area (Å²) in [7, 11) is 0. The minimum absolute atomic E-state index is 0.0276. The van der Waals surface area contributed by atoms with E-state index in [2.05, 4.69) is 19.0 Å². The number of hydrogen-bond acceptors (Lipinski definition) is 6. The van der Waals surface area contributed by atoms with Crippen LogP contribution in [0, 0.1) is 39.4 Å². The van der Waals surface area contributed by atoms with Gasteiger partial charge < -0.3 is 14.6 Å². The Morgan fingerprint density at radius 1 is 1.00 bits per heavy atom. The number of hydrogen-bond donors (Lipinski definition) is 1. The number of ether oxygens (including phenoxy) is 2. The molecule has 1 N–H and O–H groups in total. The Morgan fingerprint density at radius 3 is 2.43 bits per heavy atom. The first-order valence-corrected chi connectivity index (χ1v) is 11.0. The van der Waals surface area contributed by atoms with Crippen LogP contribution in [0.1, 0.15) is 66.2 Å². The molecule has 1 heterocycles. The number of carbonyl (C=O) groups is 1. The van der Waals surface area contributed by atoms with Gasteiger partial charge in [-0.1, -0.05) is 19.0 Å². The molecule has 1 aliphatic heterocycles. The fourth-order valence-electron chi connectivity index (χ4n) is 8.05. The predicted molar refractivity (Wildman–Crippen MR) is 102 cm³/mol. The summed E-state index contributed by atoms with van der Waals surface area (Å²) in [5.41, 5.74) is -0.596. The van der Waals surface area contributed by atoms with Crippen LogP contribution >= 0.6 is 0 Å². The van der Waals surface area contributed by atoms with Crippen LogP contribution in [0.5, 0.6) is 0 Å². The van der Waals surface area contributed by atoms with Crippen LogP contribution in [-0.4, -0.2) is 41.0 Å². The lowest BCUT2D eigenvalue weighted by Gasteiger charge is -2.61. The van der Waals surface area contributed by atoms with Crippen molar-refractivity contribution in [1.82, 2.24) is 0 Å². The molecule has 0 aromatic heterocycles. The molecule has 0 aromatic carbocycles. The maximum absolute atomic E-state index is 13.4. The van der Waals surface area contributed by atoms with Gasteiger partial charge in [-0.25, -0.2) is 0 Å². The van der Waals surface area contributed by atoms with Crippen molar-refractivity contribution >= 4 is 5.78 Å². The molecule has 5 rings (SSSR count). The van der Waals surface area contributed by atoms with Gasteiger partial charge in [-0.2, -0.15) is 4.91 Å². The quantitative estimate of drug-likeness (QED) is 0.692. The third-order valence-corrected chi connectivity index (χ3v) is 9.46. The van der Waals surface area contributed by atoms with E-state index >= 15 is 0 Å². The van der Waals surface area contributed by atoms with Crippen molar-refractivity contribution in [2.45, 2.75) is 96.4 Å². The smallest absolute Gasteiger partial charge is 0.163 e. The van der Waals surface area contributed by atoms with Crippen molar-refractivity contribution < 1.29 is 19.4 Å². The second kappa shape index (κ2) is 5.86. The Balaban J connectivity index is 1.61. The van der Waals surface area contributed by atoms with E-state index in [9.17, 15) is 14.8 Å². The molecule has 0 spiro atoms. The summed E-state index contributed by atoms with van der Waals surface area (Å²) in [5, 5.41) is 14.0. The van der Waals surface area contributed by atoms with E-state index in [1.165, 1.54) is 0 Å². The first kappa shape index (κ1) is 19.1. The van der Waals surface area contributed by atoms with Crippen LogP contribution in [0.2, 0.25) is 0 Å². The van der Waals surface area contributed by atoms with Crippen LogP contribution in [-0.2, 0) is 14.3 Å². The van der Waals surface area contributed by atoms with Crippen LogP contribution < -0.4 is 0 Å². The van der Waals surface area contributed by atoms with Crippen molar-refractivity contribution in [2.24, 2.45) is 39.7 Å². The third kappa shape index (κ3) is 2.28. The predicted octanol–water partition coefficient (Wildman–Crippen LogP) is 3.44. The zero-order chi connectivity index (χ0) is 20.1. The summed E-state index contributed by atoms with van der Waals surface area (Å²) in [4.78, 5) is 24.7. The first-order valence-electron chi connectivity index (χ1n) is 11.0. The minimum Gasteiger partial charge on any atom is -0.393 e. The average molecular weight is 392 g/mol. The molecule has 0 aromatic rings. The van der Waals surface area contributed by atoms with Gasteiger partial charge >= 0.3 is 0 Å². The van der Waals surface area contributed by atoms with E-state index in [1.807, 2.05) is 13.8 Å². The van der Waals surface area contributed by atoms with E-state index in [0.717, 1.165) is 25.7 Å². The lowest BCUT2D eigenvalue weighted by molar-refractivity contribution is -0.188. The lowest BCUT2D eigenvalue weighted by Crippen LogP contribution is -2.66. The molecule has 6 heteroatoms. The molecule has 4 aliphatic carbocycles. The molecule has 0 bridgehead atoms. The zero-order valence-corrected chi connectivity index (χ0v) is 17.4. The van der Waals surface area contributed by atoms with Gasteiger partial charge in [0, 0.05) is 17.8 Å². The number of nitroso groups, excluding NO2 is 1. The van der Waals surface area contributed by atoms with Gasteiger partial charge in [0.05, 0.1) is 24.4 Å². The monoisotopic (exact) mass is 391 g/mol. The Bertz CT molecular complexity index is 709. The highest BCUT2D eigenvalue weighted by molar-refractivity contribution is 5.87. The summed E-state index contributed by atoms with van der Waals surface area (Å²) < 4.78 is 12.9. The normalized spacial score (nSPS) is 57.1. The standard InChI is InChI=1S/C22H33NO5/c1-20(2)27-18-14-9-11(23-26)10-16(25)22(14,4)13-7-8-21(3)12(5-6-15(21)24)17(13)19(18)28-20/h11-15,17-19,24H,5-10H2,1-4H3/t11-,12?,13?,14?,15+,17?,18-,19-,21+,22-/m1/s1. The number of aliphatic hydroxyl groups is 1. The molecule has 28 heavy (non-hydrogen) atoms. The topological polar surface area (TPSA) is 85.2 Å². The summed E-state index contributed by atoms with van der Waals surface area (Å²) in [6.07, 6.45) is 4.03. The molecule has 6 nitrogen and oxygen atoms in total. The Hall–Kier alpha value is -0.850. The van der Waals surface area contributed by atoms with E-state index in [4.69, 9.17) is 9.47 Å². The molecule has 156 valence electrons. The molecule has 4 saturated carbocycles. The number of aliphatic hydroxyl groups excluding tert-OH is 1. The van der Waals surface area contributed by atoms with Gasteiger partial charge in [0.2, 0.25) is 0 Å². The summed E-state index contributed by atoms with van der Waals surface area (Å²) in [6, 6.07) is -0.447. The highest BCUT2D eigenvalue weighted by atomic mass is 16.8. The highest BCUT2D eigenvalue weighted by Crippen LogP contribution is 2.67. The van der Waals surface area contributed by atoms with Crippen molar-refractivity contribution in [1.29, 1.82) is 0 Å². The molecule has 4 unspecified atom stereocenters. The maximum Gasteiger partial charge on any atom is 0.163 e. The molecular formula is C22H33NO5. The number of fused-ring (bicyclic) bond motifs is 8. The van der Waals surface area contributed by atoms with Gasteiger partial charge in [-0.3, -0.25) is 4.79 Å². The molecule has 5 fully saturated rings. The van der Waals surface area contributed by atoms with Gasteiger partial charge in [-0.15, -0.1) is 0 Å². The molecule has 5 aliphatic rings.